The molecule has 2 aromatic carbocycles. The fourth-order valence-electron chi connectivity index (χ4n) is 4.44. The molecule has 2 N–H and O–H groups in total. The summed E-state index contributed by atoms with van der Waals surface area (Å²) in [4.78, 5) is 6.60. The molecule has 0 bridgehead atoms. The van der Waals surface area contributed by atoms with Gasteiger partial charge >= 0.3 is 0 Å². The Morgan fingerprint density at radius 2 is 1.97 bits per heavy atom. The number of nitrogens with two attached hydrogens (primary N) is 1. The molecule has 36 heavy (non-hydrogen) atoms. The van der Waals surface area contributed by atoms with Gasteiger partial charge in [0.2, 0.25) is 0 Å². The normalized spacial score (nSPS) is 15.8. The zero-order chi connectivity index (χ0) is 26.7. The number of aliphatic imine (C=N–C) groups is 1. The van der Waals surface area contributed by atoms with Crippen molar-refractivity contribution in [3.8, 4) is 6.07 Å². The maximum Gasteiger partial charge on any atom is 0.104 e. The first-order valence-corrected chi connectivity index (χ1v) is 13.8. The third kappa shape index (κ3) is 8.40. The third-order valence-corrected chi connectivity index (χ3v) is 7.03. The summed E-state index contributed by atoms with van der Waals surface area (Å²) in [7, 11) is 3.91. The predicted octanol–water partition coefficient (Wildman–Crippen LogP) is 7.04. The minimum atomic E-state index is 0.298. The zero-order valence-electron chi connectivity index (χ0n) is 22.8. The van der Waals surface area contributed by atoms with Crippen LogP contribution >= 0.6 is 11.8 Å². The van der Waals surface area contributed by atoms with Gasteiger partial charge in [-0.3, -0.25) is 0 Å². The number of benzene rings is 2. The number of hydrogen-bond donors (Lipinski definition) is 1. The summed E-state index contributed by atoms with van der Waals surface area (Å²) in [5, 5.41) is 10.9. The van der Waals surface area contributed by atoms with E-state index in [-0.39, 0.29) is 0 Å². The smallest absolute Gasteiger partial charge is 0.104 e. The Hall–Kier alpha value is -2.81. The van der Waals surface area contributed by atoms with Crippen molar-refractivity contribution >= 4 is 16.8 Å². The molecule has 2 aromatic rings. The minimum Gasteiger partial charge on any atom is -0.401 e. The molecule has 1 aliphatic heterocycles. The van der Waals surface area contributed by atoms with Crippen molar-refractivity contribution in [2.75, 3.05) is 20.6 Å². The monoisotopic (exact) mass is 502 g/mol. The van der Waals surface area contributed by atoms with Crippen LogP contribution in [0.4, 0.5) is 0 Å². The molecule has 0 saturated carbocycles. The van der Waals surface area contributed by atoms with Crippen LogP contribution in [0.5, 0.6) is 0 Å². The van der Waals surface area contributed by atoms with E-state index in [2.05, 4.69) is 67.9 Å². The van der Waals surface area contributed by atoms with Crippen molar-refractivity contribution in [1.82, 2.24) is 4.90 Å². The quantitative estimate of drug-likeness (QED) is 0.460. The van der Waals surface area contributed by atoms with Crippen LogP contribution in [0.2, 0.25) is 0 Å². The van der Waals surface area contributed by atoms with Crippen molar-refractivity contribution in [1.29, 1.82) is 5.26 Å². The third-order valence-electron chi connectivity index (χ3n) is 5.80. The lowest BCUT2D eigenvalue weighted by molar-refractivity contribution is 0.444. The van der Waals surface area contributed by atoms with Crippen LogP contribution in [0, 0.1) is 17.2 Å². The lowest BCUT2D eigenvalue weighted by Crippen LogP contribution is -2.18. The minimum absolute atomic E-state index is 0.298. The molecule has 0 saturated heterocycles. The standard InChI is InChI=1S/C24H24N2S.C5H12N2.C2H6/c1-16(2)13-18-9-10-19(14-20(18)15-25)24-26-12-11-23(27-24)22-8-4-6-17-5-3-7-21(17)22;1-5(6)4-7(2)3;1-2/h4,6,8-12,14,16,23H,3,5,7,13H2,1-2H3;1,4,6H2,2-3H3;1-2H3. The maximum absolute atomic E-state index is 9.58. The highest BCUT2D eigenvalue weighted by Crippen LogP contribution is 2.40. The molecule has 5 heteroatoms. The Morgan fingerprint density at radius 3 is 2.58 bits per heavy atom. The summed E-state index contributed by atoms with van der Waals surface area (Å²) in [5.41, 5.74) is 13.4. The van der Waals surface area contributed by atoms with Gasteiger partial charge in [-0.2, -0.15) is 5.26 Å². The number of nitriles is 1. The van der Waals surface area contributed by atoms with Crippen LogP contribution in [-0.4, -0.2) is 30.6 Å². The van der Waals surface area contributed by atoms with Crippen molar-refractivity contribution < 1.29 is 0 Å². The van der Waals surface area contributed by atoms with Crippen LogP contribution < -0.4 is 5.73 Å². The summed E-state index contributed by atoms with van der Waals surface area (Å²) >= 11 is 1.80. The van der Waals surface area contributed by atoms with Crippen molar-refractivity contribution in [3.63, 3.8) is 0 Å². The highest BCUT2D eigenvalue weighted by atomic mass is 32.2. The number of hydrogen-bond acceptors (Lipinski definition) is 5. The van der Waals surface area contributed by atoms with Gasteiger partial charge in [0.15, 0.2) is 0 Å². The molecule has 0 amide bonds. The van der Waals surface area contributed by atoms with Crippen LogP contribution in [0.3, 0.4) is 0 Å². The molecule has 1 atom stereocenters. The fourth-order valence-corrected chi connectivity index (χ4v) is 5.56. The molecule has 2 aliphatic rings. The molecular formula is C31H42N4S. The molecule has 1 unspecified atom stereocenters. The number of fused-ring (bicyclic) bond motifs is 1. The van der Waals surface area contributed by atoms with E-state index in [0.29, 0.717) is 16.9 Å². The Balaban J connectivity index is 0.000000440. The largest absolute Gasteiger partial charge is 0.401 e. The van der Waals surface area contributed by atoms with Gasteiger partial charge in [0.25, 0.3) is 0 Å². The molecule has 0 aromatic heterocycles. The maximum atomic E-state index is 9.58. The molecule has 4 rings (SSSR count). The molecular weight excluding hydrogens is 460 g/mol. The van der Waals surface area contributed by atoms with E-state index < -0.39 is 0 Å². The molecule has 1 aliphatic carbocycles. The van der Waals surface area contributed by atoms with Crippen molar-refractivity contribution in [2.24, 2.45) is 16.6 Å². The summed E-state index contributed by atoms with van der Waals surface area (Å²) in [5.74, 6) is 0.539. The van der Waals surface area contributed by atoms with E-state index in [1.165, 1.54) is 36.0 Å². The van der Waals surface area contributed by atoms with Gasteiger partial charge in [0.05, 0.1) is 16.9 Å². The van der Waals surface area contributed by atoms with Crippen LogP contribution in [0.15, 0.2) is 65.9 Å². The number of aryl methyl sites for hydroxylation is 1. The number of rotatable bonds is 6. The second-order valence-corrected chi connectivity index (χ2v) is 10.8. The van der Waals surface area contributed by atoms with Gasteiger partial charge < -0.3 is 10.6 Å². The van der Waals surface area contributed by atoms with Gasteiger partial charge in [0.1, 0.15) is 5.04 Å². The van der Waals surface area contributed by atoms with Crippen molar-refractivity contribution in [3.05, 3.63) is 94.3 Å². The Morgan fingerprint density at radius 1 is 1.22 bits per heavy atom. The number of thioether (sulfide) groups is 1. The lowest BCUT2D eigenvalue weighted by atomic mass is 9.97. The van der Waals surface area contributed by atoms with Crippen molar-refractivity contribution in [2.45, 2.75) is 58.6 Å². The molecule has 0 fully saturated rings. The second kappa shape index (κ2) is 14.7. The first-order chi connectivity index (χ1) is 17.3. The zero-order valence-corrected chi connectivity index (χ0v) is 23.7. The first kappa shape index (κ1) is 29.4. The molecule has 0 radical (unpaired) electrons. The van der Waals surface area contributed by atoms with Gasteiger partial charge in [0, 0.05) is 24.0 Å². The van der Waals surface area contributed by atoms with Crippen LogP contribution in [-0.2, 0) is 19.3 Å². The van der Waals surface area contributed by atoms with Gasteiger partial charge in [-0.15, -0.1) is 0 Å². The average Bonchev–Trinajstić information content (AvgIpc) is 3.34. The molecule has 0 spiro atoms. The lowest BCUT2D eigenvalue weighted by Gasteiger charge is -2.20. The predicted molar refractivity (Wildman–Crippen MR) is 157 cm³/mol. The number of nitrogens with zero attached hydrogens (tertiary/aromatic N) is 3. The van der Waals surface area contributed by atoms with E-state index >= 15 is 0 Å². The SMILES string of the molecule is C=C(N)CN(C)C.CC.CC(C)Cc1ccc(C2=NC=CC(c3cccc4c3CCC4)S2)cc1C#N. The summed E-state index contributed by atoms with van der Waals surface area (Å²) < 4.78 is 0. The molecule has 1 heterocycles. The van der Waals surface area contributed by atoms with E-state index in [1.807, 2.05) is 45.1 Å². The van der Waals surface area contributed by atoms with E-state index in [1.54, 1.807) is 11.8 Å². The Labute approximate surface area is 223 Å². The Kier molecular flexibility index (Phi) is 12.0. The van der Waals surface area contributed by atoms with E-state index in [4.69, 9.17) is 5.73 Å². The average molecular weight is 503 g/mol. The van der Waals surface area contributed by atoms with Crippen LogP contribution in [0.1, 0.15) is 72.7 Å². The highest BCUT2D eigenvalue weighted by molar-refractivity contribution is 8.14. The fraction of sp³-hybridized carbons (Fsp3) is 0.419. The summed E-state index contributed by atoms with van der Waals surface area (Å²) in [6.07, 6.45) is 8.71. The molecule has 192 valence electrons. The topological polar surface area (TPSA) is 65.4 Å². The second-order valence-electron chi connectivity index (χ2n) is 9.63. The van der Waals surface area contributed by atoms with Gasteiger partial charge in [-0.05, 0) is 80.1 Å². The Bertz CT molecular complexity index is 1120. The summed E-state index contributed by atoms with van der Waals surface area (Å²) in [6.45, 7) is 12.7. The summed E-state index contributed by atoms with van der Waals surface area (Å²) in [6, 6.07) is 15.3. The van der Waals surface area contributed by atoms with Gasteiger partial charge in [-0.1, -0.05) is 76.4 Å². The number of likely N-dealkylation sites (N-methyl/N-ethyl adjacent to an activating group) is 1. The first-order valence-electron chi connectivity index (χ1n) is 12.9. The van der Waals surface area contributed by atoms with Crippen LogP contribution in [0.25, 0.3) is 0 Å². The van der Waals surface area contributed by atoms with Gasteiger partial charge in [-0.25, -0.2) is 4.99 Å². The highest BCUT2D eigenvalue weighted by Gasteiger charge is 2.23. The van der Waals surface area contributed by atoms with E-state index in [0.717, 1.165) is 34.7 Å². The molecule has 4 nitrogen and oxygen atoms in total. The van der Waals surface area contributed by atoms with E-state index in [9.17, 15) is 5.26 Å².